The van der Waals surface area contributed by atoms with E-state index in [-0.39, 0.29) is 0 Å². The second-order valence-corrected chi connectivity index (χ2v) is 8.67. The normalized spacial score (nSPS) is 30.2. The molecule has 0 saturated carbocycles. The number of rotatable bonds is 5. The van der Waals surface area contributed by atoms with Gasteiger partial charge in [0, 0.05) is 39.3 Å². The Bertz CT molecular complexity index is 395. The van der Waals surface area contributed by atoms with Gasteiger partial charge in [0.1, 0.15) is 0 Å². The molecule has 6 heteroatoms. The summed E-state index contributed by atoms with van der Waals surface area (Å²) in [5.41, 5.74) is 0. The third-order valence-corrected chi connectivity index (χ3v) is 6.18. The molecule has 0 spiro atoms. The van der Waals surface area contributed by atoms with Gasteiger partial charge in [0.2, 0.25) is 0 Å². The van der Waals surface area contributed by atoms with Crippen molar-refractivity contribution in [2.75, 3.05) is 39.3 Å². The van der Waals surface area contributed by atoms with Crippen LogP contribution in [0.4, 0.5) is 0 Å². The van der Waals surface area contributed by atoms with E-state index in [2.05, 4.69) is 23.5 Å². The molecule has 2 rings (SSSR count). The Hall–Kier alpha value is -0.170. The number of likely N-dealkylation sites (tertiary alicyclic amines) is 1. The zero-order valence-corrected chi connectivity index (χ0v) is 14.4. The van der Waals surface area contributed by atoms with Gasteiger partial charge >= 0.3 is 0 Å². The van der Waals surface area contributed by atoms with Crippen molar-refractivity contribution < 1.29 is 8.42 Å². The van der Waals surface area contributed by atoms with Gasteiger partial charge in [-0.15, -0.1) is 0 Å². The topological polar surface area (TPSA) is 52.7 Å². The zero-order valence-electron chi connectivity index (χ0n) is 13.6. The number of nitrogens with zero attached hydrogens (tertiary/aromatic N) is 2. The molecular weight excluding hydrogens is 286 g/mol. The minimum Gasteiger partial charge on any atom is -0.302 e. The van der Waals surface area contributed by atoms with E-state index in [4.69, 9.17) is 0 Å². The molecule has 0 aliphatic carbocycles. The molecule has 2 saturated heterocycles. The second kappa shape index (κ2) is 7.90. The lowest BCUT2D eigenvalue weighted by molar-refractivity contribution is 0.143. The minimum atomic E-state index is -3.28. The van der Waals surface area contributed by atoms with Crippen LogP contribution in [0.25, 0.3) is 0 Å². The van der Waals surface area contributed by atoms with Crippen LogP contribution in [0.2, 0.25) is 0 Å². The van der Waals surface area contributed by atoms with Crippen molar-refractivity contribution >= 4 is 10.2 Å². The van der Waals surface area contributed by atoms with E-state index in [1.54, 1.807) is 4.31 Å². The molecule has 5 nitrogen and oxygen atoms in total. The van der Waals surface area contributed by atoms with Crippen LogP contribution in [0, 0.1) is 11.8 Å². The number of hydrogen-bond donors (Lipinski definition) is 1. The van der Waals surface area contributed by atoms with Crippen molar-refractivity contribution in [2.24, 2.45) is 11.8 Å². The highest BCUT2D eigenvalue weighted by atomic mass is 32.2. The van der Waals surface area contributed by atoms with Gasteiger partial charge in [-0.05, 0) is 31.1 Å². The quantitative estimate of drug-likeness (QED) is 0.839. The Morgan fingerprint density at radius 2 is 1.57 bits per heavy atom. The summed E-state index contributed by atoms with van der Waals surface area (Å²) in [6.07, 6.45) is 5.56. The molecule has 0 radical (unpaired) electrons. The highest BCUT2D eigenvalue weighted by Gasteiger charge is 2.24. The molecule has 124 valence electrons. The van der Waals surface area contributed by atoms with Crippen molar-refractivity contribution in [1.82, 2.24) is 13.9 Å². The summed E-state index contributed by atoms with van der Waals surface area (Å²) in [6.45, 7) is 9.44. The van der Waals surface area contributed by atoms with Gasteiger partial charge in [-0.2, -0.15) is 12.7 Å². The molecule has 2 atom stereocenters. The predicted octanol–water partition coefficient (Wildman–Crippen LogP) is 1.67. The van der Waals surface area contributed by atoms with Crippen LogP contribution < -0.4 is 4.72 Å². The van der Waals surface area contributed by atoms with Crippen molar-refractivity contribution in [3.05, 3.63) is 0 Å². The molecule has 2 aliphatic heterocycles. The smallest absolute Gasteiger partial charge is 0.279 e. The van der Waals surface area contributed by atoms with Gasteiger partial charge < -0.3 is 4.90 Å². The Morgan fingerprint density at radius 3 is 2.14 bits per heavy atom. The van der Waals surface area contributed by atoms with E-state index in [0.717, 1.165) is 57.2 Å². The summed E-state index contributed by atoms with van der Waals surface area (Å²) >= 11 is 0. The third-order valence-electron chi connectivity index (χ3n) is 4.56. The van der Waals surface area contributed by atoms with Crippen molar-refractivity contribution in [2.45, 2.75) is 46.0 Å². The van der Waals surface area contributed by atoms with Crippen LogP contribution in [-0.4, -0.2) is 56.9 Å². The fraction of sp³-hybridized carbons (Fsp3) is 1.00. The predicted molar refractivity (Wildman–Crippen MR) is 86.3 cm³/mol. The maximum atomic E-state index is 12.3. The van der Waals surface area contributed by atoms with E-state index >= 15 is 0 Å². The summed E-state index contributed by atoms with van der Waals surface area (Å²) < 4.78 is 29.0. The summed E-state index contributed by atoms with van der Waals surface area (Å²) in [6, 6.07) is 0. The van der Waals surface area contributed by atoms with Crippen LogP contribution in [-0.2, 0) is 10.2 Å². The average molecular weight is 317 g/mol. The van der Waals surface area contributed by atoms with E-state index in [9.17, 15) is 8.42 Å². The van der Waals surface area contributed by atoms with Gasteiger partial charge in [0.05, 0.1) is 0 Å². The average Bonchev–Trinajstić information content (AvgIpc) is 2.66. The lowest BCUT2D eigenvalue weighted by atomic mass is 9.92. The van der Waals surface area contributed by atoms with Crippen LogP contribution in [0.5, 0.6) is 0 Å². The molecule has 2 aliphatic rings. The van der Waals surface area contributed by atoms with Crippen molar-refractivity contribution in [1.29, 1.82) is 0 Å². The molecule has 0 aromatic rings. The fourth-order valence-electron chi connectivity index (χ4n) is 3.68. The standard InChI is InChI=1S/C15H31N3O2S/c1-14-11-15(2)13-17(12-14)10-7-16-21(19,20)18-8-5-3-4-6-9-18/h14-16H,3-13H2,1-2H3/t14-,15-/m1/s1. The first kappa shape index (κ1) is 17.2. The number of piperidine rings is 1. The Balaban J connectivity index is 1.76. The van der Waals surface area contributed by atoms with E-state index in [1.807, 2.05) is 0 Å². The number of nitrogens with one attached hydrogen (secondary N) is 1. The first-order valence-electron chi connectivity index (χ1n) is 8.44. The molecule has 0 amide bonds. The first-order valence-corrected chi connectivity index (χ1v) is 9.88. The largest absolute Gasteiger partial charge is 0.302 e. The molecule has 0 bridgehead atoms. The van der Waals surface area contributed by atoms with Gasteiger partial charge in [0.25, 0.3) is 10.2 Å². The summed E-state index contributed by atoms with van der Waals surface area (Å²) in [5.74, 6) is 1.44. The lowest BCUT2D eigenvalue weighted by Crippen LogP contribution is -2.46. The molecule has 1 N–H and O–H groups in total. The molecule has 2 fully saturated rings. The zero-order chi connectivity index (χ0) is 15.3. The van der Waals surface area contributed by atoms with Gasteiger partial charge in [-0.25, -0.2) is 4.72 Å². The van der Waals surface area contributed by atoms with Crippen molar-refractivity contribution in [3.63, 3.8) is 0 Å². The summed E-state index contributed by atoms with van der Waals surface area (Å²) in [7, 11) is -3.28. The maximum absolute atomic E-state index is 12.3. The van der Waals surface area contributed by atoms with Gasteiger partial charge in [0.15, 0.2) is 0 Å². The third kappa shape index (κ3) is 5.51. The highest BCUT2D eigenvalue weighted by Crippen LogP contribution is 2.20. The Morgan fingerprint density at radius 1 is 1.00 bits per heavy atom. The Labute approximate surface area is 130 Å². The fourth-order valence-corrected chi connectivity index (χ4v) is 4.95. The summed E-state index contributed by atoms with van der Waals surface area (Å²) in [5, 5.41) is 0. The maximum Gasteiger partial charge on any atom is 0.279 e. The molecule has 0 unspecified atom stereocenters. The second-order valence-electron chi connectivity index (χ2n) is 6.92. The minimum absolute atomic E-state index is 0.526. The lowest BCUT2D eigenvalue weighted by Gasteiger charge is -2.35. The highest BCUT2D eigenvalue weighted by molar-refractivity contribution is 7.87. The summed E-state index contributed by atoms with van der Waals surface area (Å²) in [4.78, 5) is 2.39. The molecular formula is C15H31N3O2S. The molecule has 0 aromatic carbocycles. The van der Waals surface area contributed by atoms with E-state index in [1.165, 1.54) is 6.42 Å². The SMILES string of the molecule is C[C@@H]1C[C@@H](C)CN(CCNS(=O)(=O)N2CCCCCC2)C1. The Kier molecular flexibility index (Phi) is 6.47. The van der Waals surface area contributed by atoms with Crippen LogP contribution >= 0.6 is 0 Å². The van der Waals surface area contributed by atoms with Gasteiger partial charge in [-0.3, -0.25) is 0 Å². The van der Waals surface area contributed by atoms with Crippen molar-refractivity contribution in [3.8, 4) is 0 Å². The monoisotopic (exact) mass is 317 g/mol. The van der Waals surface area contributed by atoms with E-state index in [0.29, 0.717) is 19.6 Å². The molecule has 2 heterocycles. The number of hydrogen-bond acceptors (Lipinski definition) is 3. The van der Waals surface area contributed by atoms with Crippen LogP contribution in [0.1, 0.15) is 46.0 Å². The van der Waals surface area contributed by atoms with Crippen LogP contribution in [0.3, 0.4) is 0 Å². The van der Waals surface area contributed by atoms with E-state index < -0.39 is 10.2 Å². The van der Waals surface area contributed by atoms with Crippen LogP contribution in [0.15, 0.2) is 0 Å². The first-order chi connectivity index (χ1) is 9.97. The molecule has 0 aromatic heterocycles. The van der Waals surface area contributed by atoms with Gasteiger partial charge in [-0.1, -0.05) is 26.7 Å². The molecule has 21 heavy (non-hydrogen) atoms.